The summed E-state index contributed by atoms with van der Waals surface area (Å²) in [5.41, 5.74) is 4.39. The van der Waals surface area contributed by atoms with Gasteiger partial charge in [-0.05, 0) is 32.4 Å². The van der Waals surface area contributed by atoms with Crippen LogP contribution in [0.15, 0.2) is 48.7 Å². The first-order valence-corrected chi connectivity index (χ1v) is 10.9. The van der Waals surface area contributed by atoms with E-state index in [1.54, 1.807) is 18.3 Å². The minimum absolute atomic E-state index is 0.0862. The fourth-order valence-corrected chi connectivity index (χ4v) is 3.93. The molecule has 0 saturated heterocycles. The zero-order valence-corrected chi connectivity index (χ0v) is 20.2. The van der Waals surface area contributed by atoms with Crippen LogP contribution in [0.25, 0.3) is 22.3 Å². The molecule has 34 heavy (non-hydrogen) atoms. The third-order valence-corrected chi connectivity index (χ3v) is 5.64. The smallest absolute Gasteiger partial charge is 0.256 e. The van der Waals surface area contributed by atoms with Crippen LogP contribution in [0.1, 0.15) is 35.8 Å². The van der Waals surface area contributed by atoms with E-state index < -0.39 is 0 Å². The molecule has 8 heteroatoms. The van der Waals surface area contributed by atoms with Crippen molar-refractivity contribution in [3.8, 4) is 28.5 Å². The number of nitrogens with one attached hydrogen (secondary N) is 1. The van der Waals surface area contributed by atoms with E-state index in [1.165, 1.54) is 21.3 Å². The van der Waals surface area contributed by atoms with Crippen LogP contribution in [0.4, 0.5) is 5.69 Å². The molecule has 0 fully saturated rings. The van der Waals surface area contributed by atoms with Gasteiger partial charge in [0.2, 0.25) is 5.75 Å². The van der Waals surface area contributed by atoms with E-state index in [0.717, 1.165) is 11.1 Å². The Hall–Kier alpha value is -4.07. The summed E-state index contributed by atoms with van der Waals surface area (Å²) in [5.74, 6) is 1.06. The number of anilines is 1. The molecule has 4 aromatic rings. The third-order valence-electron chi connectivity index (χ3n) is 5.64. The SMILES string of the molecule is COc1cc(NC(=O)c2cc(-c3ccccc3C)nc3c2cnn3C(C)C)cc(OC)c1OC. The molecule has 0 unspecified atom stereocenters. The molecule has 0 aliphatic rings. The molecule has 0 radical (unpaired) electrons. The van der Waals surface area contributed by atoms with E-state index in [2.05, 4.69) is 10.4 Å². The van der Waals surface area contributed by atoms with E-state index in [9.17, 15) is 4.79 Å². The summed E-state index contributed by atoms with van der Waals surface area (Å²) >= 11 is 0. The number of hydrogen-bond acceptors (Lipinski definition) is 6. The predicted octanol–water partition coefficient (Wildman–Crippen LogP) is 5.27. The lowest BCUT2D eigenvalue weighted by molar-refractivity contribution is 0.102. The number of pyridine rings is 1. The van der Waals surface area contributed by atoms with Gasteiger partial charge in [-0.3, -0.25) is 4.79 Å². The van der Waals surface area contributed by atoms with Gasteiger partial charge < -0.3 is 19.5 Å². The fraction of sp³-hybridized carbons (Fsp3) is 0.269. The highest BCUT2D eigenvalue weighted by Gasteiger charge is 2.21. The number of ether oxygens (including phenoxy) is 3. The summed E-state index contributed by atoms with van der Waals surface area (Å²) in [6.45, 7) is 6.09. The van der Waals surface area contributed by atoms with E-state index in [1.807, 2.05) is 55.8 Å². The first kappa shape index (κ1) is 23.1. The molecule has 0 spiro atoms. The molecule has 8 nitrogen and oxygen atoms in total. The van der Waals surface area contributed by atoms with Crippen LogP contribution in [0.3, 0.4) is 0 Å². The average molecular weight is 461 g/mol. The Morgan fingerprint density at radius 3 is 2.26 bits per heavy atom. The first-order chi connectivity index (χ1) is 16.4. The monoisotopic (exact) mass is 460 g/mol. The summed E-state index contributed by atoms with van der Waals surface area (Å²) in [6, 6.07) is 13.2. The van der Waals surface area contributed by atoms with Gasteiger partial charge in [0.05, 0.1) is 44.2 Å². The number of methoxy groups -OCH3 is 3. The average Bonchev–Trinajstić information content (AvgIpc) is 3.27. The zero-order valence-electron chi connectivity index (χ0n) is 20.2. The van der Waals surface area contributed by atoms with E-state index in [-0.39, 0.29) is 11.9 Å². The van der Waals surface area contributed by atoms with Gasteiger partial charge in [-0.25, -0.2) is 9.67 Å². The number of carbonyl (C=O) groups excluding carboxylic acids is 1. The van der Waals surface area contributed by atoms with Gasteiger partial charge in [0.25, 0.3) is 5.91 Å². The summed E-state index contributed by atoms with van der Waals surface area (Å²) < 4.78 is 18.0. The standard InChI is InChI=1S/C26H28N4O4/c1-15(2)30-25-20(14-27-30)19(13-21(29-25)18-10-8-7-9-16(18)3)26(31)28-17-11-22(32-4)24(34-6)23(12-17)33-5/h7-15H,1-6H3,(H,28,31). The van der Waals surface area contributed by atoms with Crippen LogP contribution in [0.2, 0.25) is 0 Å². The fourth-order valence-electron chi connectivity index (χ4n) is 3.93. The molecule has 2 aromatic heterocycles. The highest BCUT2D eigenvalue weighted by Crippen LogP contribution is 2.40. The Morgan fingerprint density at radius 1 is 1.00 bits per heavy atom. The Kier molecular flexibility index (Phi) is 6.40. The molecule has 176 valence electrons. The van der Waals surface area contributed by atoms with Gasteiger partial charge in [0, 0.05) is 29.4 Å². The topological polar surface area (TPSA) is 87.5 Å². The molecular weight excluding hydrogens is 432 g/mol. The zero-order chi connectivity index (χ0) is 24.4. The summed E-state index contributed by atoms with van der Waals surface area (Å²) in [4.78, 5) is 18.4. The molecule has 0 atom stereocenters. The second-order valence-electron chi connectivity index (χ2n) is 8.16. The van der Waals surface area contributed by atoms with E-state index >= 15 is 0 Å². The maximum atomic E-state index is 13.5. The predicted molar refractivity (Wildman–Crippen MR) is 132 cm³/mol. The van der Waals surface area contributed by atoms with Crippen molar-refractivity contribution in [3.63, 3.8) is 0 Å². The van der Waals surface area contributed by atoms with Crippen molar-refractivity contribution in [2.45, 2.75) is 26.8 Å². The maximum Gasteiger partial charge on any atom is 0.256 e. The normalized spacial score (nSPS) is 11.0. The van der Waals surface area contributed by atoms with Crippen molar-refractivity contribution in [1.82, 2.24) is 14.8 Å². The molecule has 0 aliphatic carbocycles. The van der Waals surface area contributed by atoms with Crippen LogP contribution in [0.5, 0.6) is 17.2 Å². The van der Waals surface area contributed by atoms with Gasteiger partial charge >= 0.3 is 0 Å². The maximum absolute atomic E-state index is 13.5. The third kappa shape index (κ3) is 4.14. The lowest BCUT2D eigenvalue weighted by atomic mass is 10.0. The molecule has 0 saturated carbocycles. The van der Waals surface area contributed by atoms with Gasteiger partial charge in [0.1, 0.15) is 0 Å². The number of aryl methyl sites for hydroxylation is 1. The molecular formula is C26H28N4O4. The molecule has 0 bridgehead atoms. The number of fused-ring (bicyclic) bond motifs is 1. The van der Waals surface area contributed by atoms with Gasteiger partial charge in [-0.15, -0.1) is 0 Å². The number of amides is 1. The minimum Gasteiger partial charge on any atom is -0.493 e. The molecule has 1 amide bonds. The van der Waals surface area contributed by atoms with Crippen LogP contribution >= 0.6 is 0 Å². The Bertz CT molecular complexity index is 1340. The Balaban J connectivity index is 1.84. The molecule has 2 aromatic carbocycles. The highest BCUT2D eigenvalue weighted by atomic mass is 16.5. The van der Waals surface area contributed by atoms with E-state index in [4.69, 9.17) is 19.2 Å². The molecule has 0 aliphatic heterocycles. The summed E-state index contributed by atoms with van der Waals surface area (Å²) in [5, 5.41) is 8.14. The second kappa shape index (κ2) is 9.43. The van der Waals surface area contributed by atoms with Crippen molar-refractivity contribution in [1.29, 1.82) is 0 Å². The van der Waals surface area contributed by atoms with Crippen molar-refractivity contribution in [3.05, 3.63) is 59.8 Å². The molecule has 4 rings (SSSR count). The lowest BCUT2D eigenvalue weighted by Crippen LogP contribution is -2.14. The van der Waals surface area contributed by atoms with Crippen molar-refractivity contribution < 1.29 is 19.0 Å². The lowest BCUT2D eigenvalue weighted by Gasteiger charge is -2.15. The second-order valence-corrected chi connectivity index (χ2v) is 8.16. The van der Waals surface area contributed by atoms with Gasteiger partial charge in [-0.1, -0.05) is 24.3 Å². The number of aromatic nitrogens is 3. The number of carbonyl (C=O) groups is 1. The highest BCUT2D eigenvalue weighted by molar-refractivity contribution is 6.12. The van der Waals surface area contributed by atoms with Gasteiger partial charge in [0.15, 0.2) is 17.1 Å². The Labute approximate surface area is 198 Å². The summed E-state index contributed by atoms with van der Waals surface area (Å²) in [7, 11) is 4.60. The molecule has 1 N–H and O–H groups in total. The van der Waals surface area contributed by atoms with E-state index in [0.29, 0.717) is 45.2 Å². The van der Waals surface area contributed by atoms with Crippen molar-refractivity contribution in [2.75, 3.05) is 26.6 Å². The first-order valence-electron chi connectivity index (χ1n) is 10.9. The number of nitrogens with zero attached hydrogens (tertiary/aromatic N) is 3. The quantitative estimate of drug-likeness (QED) is 0.404. The van der Waals surface area contributed by atoms with Crippen LogP contribution in [-0.4, -0.2) is 42.0 Å². The summed E-state index contributed by atoms with van der Waals surface area (Å²) in [6.07, 6.45) is 1.69. The van der Waals surface area contributed by atoms with Gasteiger partial charge in [-0.2, -0.15) is 5.10 Å². The number of benzene rings is 2. The largest absolute Gasteiger partial charge is 0.493 e. The molecule has 2 heterocycles. The van der Waals surface area contributed by atoms with Crippen LogP contribution < -0.4 is 19.5 Å². The van der Waals surface area contributed by atoms with Crippen LogP contribution in [0, 0.1) is 6.92 Å². The van der Waals surface area contributed by atoms with Crippen molar-refractivity contribution >= 4 is 22.6 Å². The minimum atomic E-state index is -0.292. The number of hydrogen-bond donors (Lipinski definition) is 1. The Morgan fingerprint density at radius 2 is 1.68 bits per heavy atom. The van der Waals surface area contributed by atoms with Crippen molar-refractivity contribution in [2.24, 2.45) is 0 Å². The number of rotatable bonds is 7. The van der Waals surface area contributed by atoms with Crippen LogP contribution in [-0.2, 0) is 0 Å².